The standard InChI is InChI=1S/C14H18FN3O3/c15-11-3-4-12(13(8-11)18(20)21)14(19)17-7-1-2-10(9-17)5-6-16/h3-4,8,10H,1-2,5-7,9,16H2. The minimum Gasteiger partial charge on any atom is -0.338 e. The first-order valence-electron chi connectivity index (χ1n) is 6.96. The number of nitro benzene ring substituents is 1. The average Bonchev–Trinajstić information content (AvgIpc) is 2.47. The van der Waals surface area contributed by atoms with E-state index in [1.807, 2.05) is 0 Å². The van der Waals surface area contributed by atoms with Crippen molar-refractivity contribution in [3.05, 3.63) is 39.7 Å². The number of carbonyl (C=O) groups excluding carboxylic acids is 1. The summed E-state index contributed by atoms with van der Waals surface area (Å²) in [6.45, 7) is 1.67. The zero-order chi connectivity index (χ0) is 15.4. The van der Waals surface area contributed by atoms with Gasteiger partial charge in [-0.1, -0.05) is 0 Å². The van der Waals surface area contributed by atoms with Gasteiger partial charge in [0, 0.05) is 13.1 Å². The van der Waals surface area contributed by atoms with Gasteiger partial charge in [-0.05, 0) is 43.9 Å². The van der Waals surface area contributed by atoms with Crippen molar-refractivity contribution in [3.63, 3.8) is 0 Å². The minimum atomic E-state index is -0.725. The summed E-state index contributed by atoms with van der Waals surface area (Å²) in [6, 6.07) is 3.04. The van der Waals surface area contributed by atoms with Gasteiger partial charge in [0.1, 0.15) is 11.4 Å². The van der Waals surface area contributed by atoms with Crippen molar-refractivity contribution in [2.24, 2.45) is 11.7 Å². The number of benzene rings is 1. The third kappa shape index (κ3) is 3.55. The molecular weight excluding hydrogens is 277 g/mol. The normalized spacial score (nSPS) is 18.6. The molecule has 1 aromatic rings. The number of carbonyl (C=O) groups is 1. The van der Waals surface area contributed by atoms with Crippen molar-refractivity contribution >= 4 is 11.6 Å². The third-order valence-corrected chi connectivity index (χ3v) is 3.77. The first-order valence-corrected chi connectivity index (χ1v) is 6.96. The summed E-state index contributed by atoms with van der Waals surface area (Å²) in [5.74, 6) is -0.812. The van der Waals surface area contributed by atoms with Crippen LogP contribution >= 0.6 is 0 Å². The van der Waals surface area contributed by atoms with Crippen LogP contribution in [0.1, 0.15) is 29.6 Å². The lowest BCUT2D eigenvalue weighted by atomic mass is 9.94. The fourth-order valence-corrected chi connectivity index (χ4v) is 2.73. The van der Waals surface area contributed by atoms with Gasteiger partial charge < -0.3 is 10.6 Å². The zero-order valence-electron chi connectivity index (χ0n) is 11.6. The molecule has 1 heterocycles. The van der Waals surface area contributed by atoms with Crippen molar-refractivity contribution in [2.45, 2.75) is 19.3 Å². The summed E-state index contributed by atoms with van der Waals surface area (Å²) in [5, 5.41) is 11.0. The molecule has 7 heteroatoms. The van der Waals surface area contributed by atoms with Crippen molar-refractivity contribution in [1.29, 1.82) is 0 Å². The molecular formula is C14H18FN3O3. The molecule has 21 heavy (non-hydrogen) atoms. The highest BCUT2D eigenvalue weighted by molar-refractivity contribution is 5.98. The predicted octanol–water partition coefficient (Wildman–Crippen LogP) is 1.93. The lowest BCUT2D eigenvalue weighted by molar-refractivity contribution is -0.385. The fourth-order valence-electron chi connectivity index (χ4n) is 2.73. The average molecular weight is 295 g/mol. The van der Waals surface area contributed by atoms with E-state index in [9.17, 15) is 19.3 Å². The number of rotatable bonds is 4. The summed E-state index contributed by atoms with van der Waals surface area (Å²) >= 11 is 0. The Morgan fingerprint density at radius 2 is 2.29 bits per heavy atom. The second kappa shape index (κ2) is 6.62. The van der Waals surface area contributed by atoms with Crippen LogP contribution < -0.4 is 5.73 Å². The number of nitro groups is 1. The van der Waals surface area contributed by atoms with E-state index >= 15 is 0 Å². The van der Waals surface area contributed by atoms with Gasteiger partial charge in [-0.2, -0.15) is 0 Å². The van der Waals surface area contributed by atoms with Crippen molar-refractivity contribution in [3.8, 4) is 0 Å². The summed E-state index contributed by atoms with van der Waals surface area (Å²) in [6.07, 6.45) is 2.69. The maximum Gasteiger partial charge on any atom is 0.285 e. The Kier molecular flexibility index (Phi) is 4.85. The first kappa shape index (κ1) is 15.4. The minimum absolute atomic E-state index is 0.0604. The summed E-state index contributed by atoms with van der Waals surface area (Å²) in [5.41, 5.74) is 4.99. The largest absolute Gasteiger partial charge is 0.338 e. The molecule has 0 spiro atoms. The van der Waals surface area contributed by atoms with Gasteiger partial charge in [-0.15, -0.1) is 0 Å². The van der Waals surface area contributed by atoms with Crippen molar-refractivity contribution in [1.82, 2.24) is 4.90 Å². The predicted molar refractivity (Wildman–Crippen MR) is 75.4 cm³/mol. The number of hydrogen-bond donors (Lipinski definition) is 1. The molecule has 1 aliphatic rings. The van der Waals surface area contributed by atoms with Crippen molar-refractivity contribution in [2.75, 3.05) is 19.6 Å². The Balaban J connectivity index is 2.21. The molecule has 1 fully saturated rings. The first-order chi connectivity index (χ1) is 10.0. The molecule has 0 aromatic heterocycles. The Bertz CT molecular complexity index is 548. The molecule has 0 aliphatic carbocycles. The molecule has 0 bridgehead atoms. The van der Waals surface area contributed by atoms with E-state index in [0.717, 1.165) is 31.4 Å². The van der Waals surface area contributed by atoms with Gasteiger partial charge in [0.25, 0.3) is 11.6 Å². The number of likely N-dealkylation sites (tertiary alicyclic amines) is 1. The van der Waals surface area contributed by atoms with E-state index in [4.69, 9.17) is 5.73 Å². The number of amides is 1. The number of halogens is 1. The van der Waals surface area contributed by atoms with Gasteiger partial charge in [0.15, 0.2) is 0 Å². The van der Waals surface area contributed by atoms with Crippen molar-refractivity contribution < 1.29 is 14.1 Å². The van der Waals surface area contributed by atoms with E-state index in [1.54, 1.807) is 4.90 Å². The highest BCUT2D eigenvalue weighted by Gasteiger charge is 2.28. The van der Waals surface area contributed by atoms with Gasteiger partial charge in [-0.25, -0.2) is 4.39 Å². The summed E-state index contributed by atoms with van der Waals surface area (Å²) in [4.78, 5) is 24.3. The topological polar surface area (TPSA) is 89.5 Å². The van der Waals surface area contributed by atoms with Gasteiger partial charge >= 0.3 is 0 Å². The zero-order valence-corrected chi connectivity index (χ0v) is 11.6. The number of nitrogens with zero attached hydrogens (tertiary/aromatic N) is 2. The van der Waals surface area contributed by atoms with Crippen LogP contribution in [-0.2, 0) is 0 Å². The highest BCUT2D eigenvalue weighted by Crippen LogP contribution is 2.25. The molecule has 1 atom stereocenters. The van der Waals surface area contributed by atoms with Crippen LogP contribution in [0.15, 0.2) is 18.2 Å². The van der Waals surface area contributed by atoms with Crippen LogP contribution in [0.2, 0.25) is 0 Å². The molecule has 1 aromatic carbocycles. The van der Waals surface area contributed by atoms with Crippen LogP contribution in [0.5, 0.6) is 0 Å². The maximum absolute atomic E-state index is 13.1. The summed E-state index contributed by atoms with van der Waals surface area (Å²) < 4.78 is 13.1. The van der Waals surface area contributed by atoms with Gasteiger partial charge in [-0.3, -0.25) is 14.9 Å². The number of piperidine rings is 1. The molecule has 6 nitrogen and oxygen atoms in total. The van der Waals surface area contributed by atoms with Crippen LogP contribution in [-0.4, -0.2) is 35.4 Å². The second-order valence-electron chi connectivity index (χ2n) is 5.26. The molecule has 2 rings (SSSR count). The number of hydrogen-bond acceptors (Lipinski definition) is 4. The molecule has 1 amide bonds. The molecule has 1 aliphatic heterocycles. The van der Waals surface area contributed by atoms with E-state index in [2.05, 4.69) is 0 Å². The maximum atomic E-state index is 13.1. The molecule has 1 saturated heterocycles. The fraction of sp³-hybridized carbons (Fsp3) is 0.500. The molecule has 2 N–H and O–H groups in total. The Morgan fingerprint density at radius 1 is 1.52 bits per heavy atom. The Morgan fingerprint density at radius 3 is 2.95 bits per heavy atom. The SMILES string of the molecule is NCCC1CCCN(C(=O)c2ccc(F)cc2[N+](=O)[O-])C1. The van der Waals surface area contributed by atoms with E-state index in [0.29, 0.717) is 25.6 Å². The quantitative estimate of drug-likeness (QED) is 0.679. The monoisotopic (exact) mass is 295 g/mol. The van der Waals surface area contributed by atoms with Crippen LogP contribution in [0.25, 0.3) is 0 Å². The smallest absolute Gasteiger partial charge is 0.285 e. The lowest BCUT2D eigenvalue weighted by Gasteiger charge is -2.32. The van der Waals surface area contributed by atoms with Crippen LogP contribution in [0.3, 0.4) is 0 Å². The van der Waals surface area contributed by atoms with Gasteiger partial charge in [0.05, 0.1) is 11.0 Å². The molecule has 0 saturated carbocycles. The van der Waals surface area contributed by atoms with Gasteiger partial charge in [0.2, 0.25) is 0 Å². The van der Waals surface area contributed by atoms with E-state index < -0.39 is 22.3 Å². The summed E-state index contributed by atoms with van der Waals surface area (Å²) in [7, 11) is 0. The second-order valence-corrected chi connectivity index (χ2v) is 5.26. The highest BCUT2D eigenvalue weighted by atomic mass is 19.1. The van der Waals surface area contributed by atoms with E-state index in [1.165, 1.54) is 6.07 Å². The lowest BCUT2D eigenvalue weighted by Crippen LogP contribution is -2.40. The Hall–Kier alpha value is -2.02. The Labute approximate surface area is 121 Å². The molecule has 114 valence electrons. The van der Waals surface area contributed by atoms with E-state index in [-0.39, 0.29) is 5.56 Å². The number of nitrogens with two attached hydrogens (primary N) is 1. The van der Waals surface area contributed by atoms with Crippen LogP contribution in [0.4, 0.5) is 10.1 Å². The molecule has 0 radical (unpaired) electrons. The molecule has 1 unspecified atom stereocenters. The van der Waals surface area contributed by atoms with Crippen LogP contribution in [0, 0.1) is 21.8 Å². The third-order valence-electron chi connectivity index (χ3n) is 3.77.